The Labute approximate surface area is 110 Å². The normalized spacial score (nSPS) is 12.7. The van der Waals surface area contributed by atoms with Crippen LogP contribution in [0, 0.1) is 0 Å². The maximum Gasteiger partial charge on any atom is 0.0551 e. The molecule has 0 saturated heterocycles. The van der Waals surface area contributed by atoms with E-state index >= 15 is 0 Å². The van der Waals surface area contributed by atoms with Gasteiger partial charge in [0.1, 0.15) is 0 Å². The van der Waals surface area contributed by atoms with E-state index in [2.05, 4.69) is 5.10 Å². The molecule has 1 unspecified atom stereocenters. The van der Waals surface area contributed by atoms with Gasteiger partial charge in [0.05, 0.1) is 11.7 Å². The van der Waals surface area contributed by atoms with Crippen molar-refractivity contribution in [1.29, 1.82) is 0 Å². The Morgan fingerprint density at radius 2 is 2.12 bits per heavy atom. The molecule has 0 radical (unpaired) electrons. The number of hydrogen-bond acceptors (Lipinski definition) is 2. The summed E-state index contributed by atoms with van der Waals surface area (Å²) in [6, 6.07) is 7.17. The van der Waals surface area contributed by atoms with Crippen LogP contribution in [-0.2, 0) is 13.5 Å². The van der Waals surface area contributed by atoms with Gasteiger partial charge in [0.25, 0.3) is 0 Å². The molecule has 0 aliphatic rings. The van der Waals surface area contributed by atoms with Crippen molar-refractivity contribution in [2.24, 2.45) is 12.8 Å². The number of aryl methyl sites for hydroxylation is 1. The molecule has 0 aliphatic heterocycles. The molecule has 0 fully saturated rings. The van der Waals surface area contributed by atoms with Crippen LogP contribution in [-0.4, -0.2) is 9.78 Å². The van der Waals surface area contributed by atoms with Crippen LogP contribution in [0.4, 0.5) is 0 Å². The van der Waals surface area contributed by atoms with E-state index in [1.807, 2.05) is 19.2 Å². The first-order valence-corrected chi connectivity index (χ1v) is 6.01. The van der Waals surface area contributed by atoms with Gasteiger partial charge in [0.2, 0.25) is 0 Å². The van der Waals surface area contributed by atoms with E-state index in [9.17, 15) is 0 Å². The lowest BCUT2D eigenvalue weighted by molar-refractivity contribution is 0.617. The summed E-state index contributed by atoms with van der Waals surface area (Å²) in [5.74, 6) is 0. The van der Waals surface area contributed by atoms with Gasteiger partial charge in [-0.15, -0.1) is 0 Å². The van der Waals surface area contributed by atoms with Gasteiger partial charge in [-0.05, 0) is 36.2 Å². The van der Waals surface area contributed by atoms with Crippen molar-refractivity contribution in [3.8, 4) is 0 Å². The van der Waals surface area contributed by atoms with Crippen LogP contribution in [0.1, 0.15) is 17.3 Å². The summed E-state index contributed by atoms with van der Waals surface area (Å²) in [4.78, 5) is 0. The van der Waals surface area contributed by atoms with Crippen LogP contribution in [0.5, 0.6) is 0 Å². The fourth-order valence-electron chi connectivity index (χ4n) is 1.79. The molecule has 17 heavy (non-hydrogen) atoms. The number of benzene rings is 1. The SMILES string of the molecule is Cn1nccc1C(N)Cc1cc(Cl)ccc1Cl. The summed E-state index contributed by atoms with van der Waals surface area (Å²) in [6.45, 7) is 0. The first kappa shape index (κ1) is 12.4. The molecule has 1 heterocycles. The summed E-state index contributed by atoms with van der Waals surface area (Å²) in [7, 11) is 1.87. The zero-order valence-electron chi connectivity index (χ0n) is 9.40. The van der Waals surface area contributed by atoms with E-state index in [1.54, 1.807) is 23.0 Å². The molecule has 0 amide bonds. The molecular weight excluding hydrogens is 257 g/mol. The fraction of sp³-hybridized carbons (Fsp3) is 0.250. The lowest BCUT2D eigenvalue weighted by atomic mass is 10.0. The van der Waals surface area contributed by atoms with Gasteiger partial charge in [-0.25, -0.2) is 0 Å². The van der Waals surface area contributed by atoms with Gasteiger partial charge >= 0.3 is 0 Å². The molecular formula is C12H13Cl2N3. The van der Waals surface area contributed by atoms with Crippen molar-refractivity contribution in [2.45, 2.75) is 12.5 Å². The minimum Gasteiger partial charge on any atom is -0.322 e. The van der Waals surface area contributed by atoms with Crippen molar-refractivity contribution < 1.29 is 0 Å². The quantitative estimate of drug-likeness (QED) is 0.931. The second-order valence-corrected chi connectivity index (χ2v) is 4.77. The molecule has 0 bridgehead atoms. The predicted molar refractivity (Wildman–Crippen MR) is 70.3 cm³/mol. The van der Waals surface area contributed by atoms with Gasteiger partial charge in [0, 0.05) is 23.3 Å². The van der Waals surface area contributed by atoms with Crippen LogP contribution in [0.25, 0.3) is 0 Å². The number of hydrogen-bond donors (Lipinski definition) is 1. The zero-order valence-corrected chi connectivity index (χ0v) is 10.9. The summed E-state index contributed by atoms with van der Waals surface area (Å²) in [5.41, 5.74) is 8.05. The lowest BCUT2D eigenvalue weighted by Gasteiger charge is -2.13. The molecule has 0 saturated carbocycles. The first-order chi connectivity index (χ1) is 8.08. The second kappa shape index (κ2) is 5.08. The molecule has 90 valence electrons. The Morgan fingerprint density at radius 3 is 2.76 bits per heavy atom. The molecule has 2 N–H and O–H groups in total. The van der Waals surface area contributed by atoms with E-state index in [0.29, 0.717) is 16.5 Å². The topological polar surface area (TPSA) is 43.8 Å². The van der Waals surface area contributed by atoms with Gasteiger partial charge in [-0.3, -0.25) is 4.68 Å². The highest BCUT2D eigenvalue weighted by molar-refractivity contribution is 6.33. The molecule has 3 nitrogen and oxygen atoms in total. The highest BCUT2D eigenvalue weighted by Gasteiger charge is 2.12. The number of halogens is 2. The molecule has 5 heteroatoms. The Bertz CT molecular complexity index is 522. The summed E-state index contributed by atoms with van der Waals surface area (Å²) >= 11 is 12.0. The highest BCUT2D eigenvalue weighted by Crippen LogP contribution is 2.24. The lowest BCUT2D eigenvalue weighted by Crippen LogP contribution is -2.17. The molecule has 2 aromatic rings. The minimum absolute atomic E-state index is 0.140. The first-order valence-electron chi connectivity index (χ1n) is 5.25. The summed E-state index contributed by atoms with van der Waals surface area (Å²) in [5, 5.41) is 5.45. The van der Waals surface area contributed by atoms with Gasteiger partial charge < -0.3 is 5.73 Å². The van der Waals surface area contributed by atoms with E-state index in [-0.39, 0.29) is 6.04 Å². The van der Waals surface area contributed by atoms with Crippen molar-refractivity contribution >= 4 is 23.2 Å². The van der Waals surface area contributed by atoms with Gasteiger partial charge in [-0.2, -0.15) is 5.10 Å². The average molecular weight is 270 g/mol. The minimum atomic E-state index is -0.140. The Kier molecular flexibility index (Phi) is 3.72. The second-order valence-electron chi connectivity index (χ2n) is 3.93. The van der Waals surface area contributed by atoms with Crippen molar-refractivity contribution in [3.05, 3.63) is 51.8 Å². The molecule has 1 aromatic carbocycles. The highest BCUT2D eigenvalue weighted by atomic mass is 35.5. The Hall–Kier alpha value is -1.03. The monoisotopic (exact) mass is 269 g/mol. The fourth-order valence-corrected chi connectivity index (χ4v) is 2.18. The van der Waals surface area contributed by atoms with Gasteiger partial charge in [-0.1, -0.05) is 23.2 Å². The third kappa shape index (κ3) is 2.80. The third-order valence-corrected chi connectivity index (χ3v) is 3.29. The van der Waals surface area contributed by atoms with Crippen LogP contribution in [0.3, 0.4) is 0 Å². The molecule has 1 aromatic heterocycles. The molecule has 0 aliphatic carbocycles. The van der Waals surface area contributed by atoms with Gasteiger partial charge in [0.15, 0.2) is 0 Å². The van der Waals surface area contributed by atoms with Crippen LogP contribution >= 0.6 is 23.2 Å². The molecule has 2 rings (SSSR count). The van der Waals surface area contributed by atoms with Crippen LogP contribution in [0.2, 0.25) is 10.0 Å². The van der Waals surface area contributed by atoms with Crippen LogP contribution in [0.15, 0.2) is 30.5 Å². The molecule has 1 atom stereocenters. The Balaban J connectivity index is 2.21. The van der Waals surface area contributed by atoms with E-state index in [4.69, 9.17) is 28.9 Å². The number of rotatable bonds is 3. The van der Waals surface area contributed by atoms with E-state index in [1.165, 1.54) is 0 Å². The number of aromatic nitrogens is 2. The third-order valence-electron chi connectivity index (χ3n) is 2.69. The van der Waals surface area contributed by atoms with Crippen molar-refractivity contribution in [3.63, 3.8) is 0 Å². The van der Waals surface area contributed by atoms with E-state index in [0.717, 1.165) is 11.3 Å². The zero-order chi connectivity index (χ0) is 12.4. The number of nitrogens with two attached hydrogens (primary N) is 1. The van der Waals surface area contributed by atoms with E-state index < -0.39 is 0 Å². The number of nitrogens with zero attached hydrogens (tertiary/aromatic N) is 2. The van der Waals surface area contributed by atoms with Crippen LogP contribution < -0.4 is 5.73 Å². The predicted octanol–water partition coefficient (Wildman–Crippen LogP) is 2.97. The Morgan fingerprint density at radius 1 is 1.35 bits per heavy atom. The average Bonchev–Trinajstić information content (AvgIpc) is 2.70. The van der Waals surface area contributed by atoms with Crippen molar-refractivity contribution in [2.75, 3.05) is 0 Å². The molecule has 0 spiro atoms. The summed E-state index contributed by atoms with van der Waals surface area (Å²) in [6.07, 6.45) is 2.37. The maximum absolute atomic E-state index is 6.13. The summed E-state index contributed by atoms with van der Waals surface area (Å²) < 4.78 is 1.77. The largest absolute Gasteiger partial charge is 0.322 e. The van der Waals surface area contributed by atoms with Crippen molar-refractivity contribution in [1.82, 2.24) is 9.78 Å². The standard InChI is InChI=1S/C12H13Cl2N3/c1-17-12(4-5-16-17)11(15)7-8-6-9(13)2-3-10(8)14/h2-6,11H,7,15H2,1H3. The smallest absolute Gasteiger partial charge is 0.0551 e. The maximum atomic E-state index is 6.13.